The Morgan fingerprint density at radius 1 is 1.50 bits per heavy atom. The molecule has 0 rings (SSSR count). The van der Waals surface area contributed by atoms with Crippen molar-refractivity contribution in [2.24, 2.45) is 0 Å². The number of methoxy groups -OCH3 is 1. The highest BCUT2D eigenvalue weighted by Gasteiger charge is 1.98. The Bertz CT molecular complexity index is 218. The molecule has 0 aromatic rings. The van der Waals surface area contributed by atoms with Crippen LogP contribution in [0.1, 0.15) is 13.3 Å². The second-order valence-electron chi connectivity index (χ2n) is 3.35. The average Bonchev–Trinajstić information content (AvgIpc) is 2.14. The lowest BCUT2D eigenvalue weighted by atomic mass is 10.2. The molecule has 0 fully saturated rings. The van der Waals surface area contributed by atoms with Gasteiger partial charge in [-0.05, 0) is 37.7 Å². The topological polar surface area (TPSA) is 12.5 Å². The van der Waals surface area contributed by atoms with Gasteiger partial charge < -0.3 is 9.64 Å². The maximum atomic E-state index is 5.08. The van der Waals surface area contributed by atoms with Gasteiger partial charge in [-0.2, -0.15) is 0 Å². The summed E-state index contributed by atoms with van der Waals surface area (Å²) in [7, 11) is 3.72. The SMILES string of the molecule is C=C/C(=C/C(=C)CN(C)CCC)OC. The van der Waals surface area contributed by atoms with E-state index < -0.39 is 0 Å². The number of nitrogens with zero attached hydrogens (tertiary/aromatic N) is 1. The molecule has 0 unspecified atom stereocenters. The standard InChI is InChI=1S/C12H21NO/c1-6-8-13(4)10-11(3)9-12(7-2)14-5/h7,9H,2-3,6,8,10H2,1,4-5H3/b12-9-. The van der Waals surface area contributed by atoms with Gasteiger partial charge in [-0.3, -0.25) is 0 Å². The first-order chi connectivity index (χ1) is 6.63. The maximum absolute atomic E-state index is 5.08. The normalized spacial score (nSPS) is 11.6. The van der Waals surface area contributed by atoms with Crippen molar-refractivity contribution in [1.82, 2.24) is 4.90 Å². The van der Waals surface area contributed by atoms with Gasteiger partial charge in [0.1, 0.15) is 5.76 Å². The van der Waals surface area contributed by atoms with Crippen molar-refractivity contribution in [3.8, 4) is 0 Å². The van der Waals surface area contributed by atoms with Crippen LogP contribution in [0.4, 0.5) is 0 Å². The van der Waals surface area contributed by atoms with Gasteiger partial charge in [0.2, 0.25) is 0 Å². The molecule has 0 aliphatic rings. The van der Waals surface area contributed by atoms with Gasteiger partial charge in [-0.15, -0.1) is 0 Å². The second kappa shape index (κ2) is 7.39. The molecule has 0 N–H and O–H groups in total. The van der Waals surface area contributed by atoms with E-state index in [1.165, 1.54) is 0 Å². The molecule has 14 heavy (non-hydrogen) atoms. The van der Waals surface area contributed by atoms with E-state index in [0.29, 0.717) is 0 Å². The quantitative estimate of drug-likeness (QED) is 0.457. The highest BCUT2D eigenvalue weighted by Crippen LogP contribution is 2.04. The summed E-state index contributed by atoms with van der Waals surface area (Å²) in [6, 6.07) is 0. The smallest absolute Gasteiger partial charge is 0.118 e. The molecule has 0 bridgehead atoms. The third kappa shape index (κ3) is 5.60. The summed E-state index contributed by atoms with van der Waals surface area (Å²) in [6.07, 6.45) is 4.76. The van der Waals surface area contributed by atoms with E-state index in [1.807, 2.05) is 6.08 Å². The summed E-state index contributed by atoms with van der Waals surface area (Å²) < 4.78 is 5.08. The van der Waals surface area contributed by atoms with Crippen molar-refractivity contribution in [3.63, 3.8) is 0 Å². The molecule has 0 aromatic carbocycles. The number of ether oxygens (including phenoxy) is 1. The second-order valence-corrected chi connectivity index (χ2v) is 3.35. The van der Waals surface area contributed by atoms with Crippen LogP contribution in [0.2, 0.25) is 0 Å². The fourth-order valence-corrected chi connectivity index (χ4v) is 1.26. The summed E-state index contributed by atoms with van der Waals surface area (Å²) in [6.45, 7) is 11.7. The first kappa shape index (κ1) is 13.0. The predicted molar refractivity (Wildman–Crippen MR) is 62.2 cm³/mol. The van der Waals surface area contributed by atoms with Crippen LogP contribution >= 0.6 is 0 Å². The van der Waals surface area contributed by atoms with E-state index >= 15 is 0 Å². The minimum absolute atomic E-state index is 0.764. The molecule has 0 amide bonds. The van der Waals surface area contributed by atoms with Crippen molar-refractivity contribution in [2.45, 2.75) is 13.3 Å². The van der Waals surface area contributed by atoms with Crippen LogP contribution < -0.4 is 0 Å². The molecule has 80 valence electrons. The zero-order valence-corrected chi connectivity index (χ0v) is 9.55. The van der Waals surface area contributed by atoms with Crippen LogP contribution in [0.5, 0.6) is 0 Å². The lowest BCUT2D eigenvalue weighted by molar-refractivity contribution is 0.305. The average molecular weight is 195 g/mol. The minimum Gasteiger partial charge on any atom is -0.497 e. The van der Waals surface area contributed by atoms with Crippen molar-refractivity contribution in [2.75, 3.05) is 27.2 Å². The summed E-state index contributed by atoms with van der Waals surface area (Å²) in [5.74, 6) is 0.764. The third-order valence-electron chi connectivity index (χ3n) is 1.86. The zero-order chi connectivity index (χ0) is 11.0. The van der Waals surface area contributed by atoms with Crippen molar-refractivity contribution in [3.05, 3.63) is 36.6 Å². The van der Waals surface area contributed by atoms with Gasteiger partial charge in [0.05, 0.1) is 7.11 Å². The molecule has 0 radical (unpaired) electrons. The Labute approximate surface area is 87.6 Å². The fourth-order valence-electron chi connectivity index (χ4n) is 1.26. The predicted octanol–water partition coefficient (Wildman–Crippen LogP) is 2.60. The van der Waals surface area contributed by atoms with E-state index in [0.717, 1.165) is 30.8 Å². The van der Waals surface area contributed by atoms with Gasteiger partial charge in [0.15, 0.2) is 0 Å². The molecular formula is C12H21NO. The van der Waals surface area contributed by atoms with E-state index in [9.17, 15) is 0 Å². The van der Waals surface area contributed by atoms with Crippen LogP contribution in [0.3, 0.4) is 0 Å². The summed E-state index contributed by atoms with van der Waals surface area (Å²) in [5, 5.41) is 0. The zero-order valence-electron chi connectivity index (χ0n) is 9.55. The molecule has 0 saturated carbocycles. The maximum Gasteiger partial charge on any atom is 0.118 e. The first-order valence-electron chi connectivity index (χ1n) is 4.88. The highest BCUT2D eigenvalue weighted by atomic mass is 16.5. The lowest BCUT2D eigenvalue weighted by Crippen LogP contribution is -2.21. The first-order valence-corrected chi connectivity index (χ1v) is 4.88. The van der Waals surface area contributed by atoms with Crippen LogP contribution in [0.15, 0.2) is 36.6 Å². The Morgan fingerprint density at radius 3 is 2.57 bits per heavy atom. The third-order valence-corrected chi connectivity index (χ3v) is 1.86. The number of likely N-dealkylation sites (N-methyl/N-ethyl adjacent to an activating group) is 1. The van der Waals surface area contributed by atoms with Gasteiger partial charge >= 0.3 is 0 Å². The minimum atomic E-state index is 0.764. The fraction of sp³-hybridized carbons (Fsp3) is 0.500. The molecule has 0 aliphatic carbocycles. The summed E-state index contributed by atoms with van der Waals surface area (Å²) in [5.41, 5.74) is 1.04. The molecule has 0 heterocycles. The van der Waals surface area contributed by atoms with Gasteiger partial charge in [-0.25, -0.2) is 0 Å². The van der Waals surface area contributed by atoms with Gasteiger partial charge in [0.25, 0.3) is 0 Å². The van der Waals surface area contributed by atoms with Gasteiger partial charge in [0, 0.05) is 6.54 Å². The molecule has 0 saturated heterocycles. The number of hydrogen-bond donors (Lipinski definition) is 0. The van der Waals surface area contributed by atoms with Crippen LogP contribution in [0, 0.1) is 0 Å². The van der Waals surface area contributed by atoms with E-state index in [1.54, 1.807) is 13.2 Å². The van der Waals surface area contributed by atoms with Crippen molar-refractivity contribution >= 4 is 0 Å². The van der Waals surface area contributed by atoms with Crippen LogP contribution in [-0.4, -0.2) is 32.1 Å². The molecule has 2 heteroatoms. The molecule has 0 atom stereocenters. The van der Waals surface area contributed by atoms with E-state index in [2.05, 4.69) is 32.0 Å². The Hall–Kier alpha value is -1.02. The molecule has 0 aliphatic heterocycles. The van der Waals surface area contributed by atoms with Crippen LogP contribution in [-0.2, 0) is 4.74 Å². The molecular weight excluding hydrogens is 174 g/mol. The van der Waals surface area contributed by atoms with Crippen LogP contribution in [0.25, 0.3) is 0 Å². The van der Waals surface area contributed by atoms with E-state index in [-0.39, 0.29) is 0 Å². The Kier molecular flexibility index (Phi) is 6.85. The number of hydrogen-bond acceptors (Lipinski definition) is 2. The number of rotatable bonds is 7. The molecule has 2 nitrogen and oxygen atoms in total. The van der Waals surface area contributed by atoms with E-state index in [4.69, 9.17) is 4.74 Å². The van der Waals surface area contributed by atoms with Gasteiger partial charge in [-0.1, -0.05) is 20.1 Å². The Balaban J connectivity index is 4.08. The molecule has 0 aromatic heterocycles. The van der Waals surface area contributed by atoms with Crippen molar-refractivity contribution in [1.29, 1.82) is 0 Å². The summed E-state index contributed by atoms with van der Waals surface area (Å²) >= 11 is 0. The van der Waals surface area contributed by atoms with Crippen molar-refractivity contribution < 1.29 is 4.74 Å². The number of allylic oxidation sites excluding steroid dienone is 1. The lowest BCUT2D eigenvalue weighted by Gasteiger charge is -2.15. The molecule has 0 spiro atoms. The largest absolute Gasteiger partial charge is 0.497 e. The monoisotopic (exact) mass is 195 g/mol. The Morgan fingerprint density at radius 2 is 2.14 bits per heavy atom. The summed E-state index contributed by atoms with van der Waals surface area (Å²) in [4.78, 5) is 2.23. The highest BCUT2D eigenvalue weighted by molar-refractivity contribution is 5.24.